The molecule has 1 aromatic carbocycles. The van der Waals surface area contributed by atoms with Crippen LogP contribution in [0, 0.1) is 0 Å². The molecule has 1 aliphatic rings. The molecule has 70 valence electrons. The van der Waals surface area contributed by atoms with Crippen molar-refractivity contribution in [1.82, 2.24) is 0 Å². The first-order chi connectivity index (χ1) is 6.07. The fourth-order valence-electron chi connectivity index (χ4n) is 1.17. The van der Waals surface area contributed by atoms with E-state index in [-0.39, 0.29) is 12.4 Å². The van der Waals surface area contributed by atoms with Crippen LogP contribution in [0.25, 0.3) is 0 Å². The Hall–Kier alpha value is -1.46. The van der Waals surface area contributed by atoms with Gasteiger partial charge in [0.1, 0.15) is 11.5 Å². The van der Waals surface area contributed by atoms with E-state index in [2.05, 4.69) is 5.32 Å². The molecule has 2 rings (SSSR count). The lowest BCUT2D eigenvalue weighted by atomic mass is 10.2. The van der Waals surface area contributed by atoms with E-state index in [4.69, 9.17) is 20.1 Å². The normalized spacial score (nSPS) is 18.3. The third kappa shape index (κ3) is 1.51. The fraction of sp³-hybridized carbons (Fsp3) is 0.250. The van der Waals surface area contributed by atoms with Gasteiger partial charge in [0.25, 0.3) is 5.91 Å². The second kappa shape index (κ2) is 2.51. The summed E-state index contributed by atoms with van der Waals surface area (Å²) in [4.78, 5) is 0. The quantitative estimate of drug-likeness (QED) is 0.420. The van der Waals surface area contributed by atoms with Crippen molar-refractivity contribution in [3.8, 4) is 11.5 Å². The molecule has 0 fully saturated rings. The zero-order chi connectivity index (χ0) is 9.47. The van der Waals surface area contributed by atoms with Gasteiger partial charge in [0.15, 0.2) is 6.61 Å². The lowest BCUT2D eigenvalue weighted by Crippen LogP contribution is -2.46. The topological polar surface area (TPSA) is 82.0 Å². The van der Waals surface area contributed by atoms with Crippen LogP contribution in [0.5, 0.6) is 11.5 Å². The molecular formula is C8H9NO4. The number of fused-ring (bicyclic) bond motifs is 1. The van der Waals surface area contributed by atoms with E-state index in [9.17, 15) is 0 Å². The second-order valence-electron chi connectivity index (χ2n) is 2.91. The average molecular weight is 183 g/mol. The van der Waals surface area contributed by atoms with Crippen LogP contribution in [-0.4, -0.2) is 27.8 Å². The van der Waals surface area contributed by atoms with Crippen molar-refractivity contribution in [2.24, 2.45) is 0 Å². The molecule has 0 atom stereocenters. The highest BCUT2D eigenvalue weighted by Gasteiger charge is 2.30. The van der Waals surface area contributed by atoms with Crippen LogP contribution < -0.4 is 10.1 Å². The minimum Gasteiger partial charge on any atom is -0.508 e. The second-order valence-corrected chi connectivity index (χ2v) is 2.91. The van der Waals surface area contributed by atoms with Crippen LogP contribution in [0.3, 0.4) is 0 Å². The molecule has 0 bridgehead atoms. The molecular weight excluding hydrogens is 174 g/mol. The summed E-state index contributed by atoms with van der Waals surface area (Å²) in [5.74, 6) is -1.55. The summed E-state index contributed by atoms with van der Waals surface area (Å²) in [6.45, 7) is -0.245. The summed E-state index contributed by atoms with van der Waals surface area (Å²) in [6, 6.07) is 4.37. The van der Waals surface area contributed by atoms with E-state index in [0.717, 1.165) is 0 Å². The van der Waals surface area contributed by atoms with E-state index in [1.165, 1.54) is 12.1 Å². The maximum atomic E-state index is 9.15. The molecule has 0 aromatic heterocycles. The summed E-state index contributed by atoms with van der Waals surface area (Å²) in [6.07, 6.45) is 0. The SMILES string of the molecule is Oc1ccc2c(c1)NC(O)(O)CO2. The van der Waals surface area contributed by atoms with Gasteiger partial charge in [-0.2, -0.15) is 0 Å². The molecule has 1 heterocycles. The Bertz CT molecular complexity index is 337. The fourth-order valence-corrected chi connectivity index (χ4v) is 1.17. The number of hydrogen-bond donors (Lipinski definition) is 4. The predicted octanol–water partition coefficient (Wildman–Crippen LogP) is -0.165. The van der Waals surface area contributed by atoms with E-state index >= 15 is 0 Å². The van der Waals surface area contributed by atoms with E-state index < -0.39 is 5.91 Å². The van der Waals surface area contributed by atoms with Gasteiger partial charge in [0.2, 0.25) is 0 Å². The number of anilines is 1. The van der Waals surface area contributed by atoms with Gasteiger partial charge in [-0.05, 0) is 12.1 Å². The lowest BCUT2D eigenvalue weighted by molar-refractivity contribution is -0.162. The van der Waals surface area contributed by atoms with Crippen LogP contribution in [-0.2, 0) is 0 Å². The molecule has 0 amide bonds. The number of phenols is 1. The molecule has 0 saturated heterocycles. The summed E-state index contributed by atoms with van der Waals surface area (Å²) in [5.41, 5.74) is 0.358. The Morgan fingerprint density at radius 1 is 1.38 bits per heavy atom. The largest absolute Gasteiger partial charge is 0.508 e. The van der Waals surface area contributed by atoms with Crippen LogP contribution >= 0.6 is 0 Å². The monoisotopic (exact) mass is 183 g/mol. The lowest BCUT2D eigenvalue weighted by Gasteiger charge is -2.30. The number of aliphatic hydroxyl groups is 2. The smallest absolute Gasteiger partial charge is 0.280 e. The van der Waals surface area contributed by atoms with Crippen LogP contribution in [0.4, 0.5) is 5.69 Å². The molecule has 1 aromatic rings. The standard InChI is InChI=1S/C8H9NO4/c10-5-1-2-7-6(3-5)9-8(11,12)4-13-7/h1-3,9-12H,4H2. The first-order valence-corrected chi connectivity index (χ1v) is 3.76. The highest BCUT2D eigenvalue weighted by Crippen LogP contribution is 2.33. The number of rotatable bonds is 0. The number of benzene rings is 1. The number of ether oxygens (including phenoxy) is 1. The Labute approximate surface area is 74.2 Å². The van der Waals surface area contributed by atoms with Crippen molar-refractivity contribution in [2.45, 2.75) is 5.91 Å². The van der Waals surface area contributed by atoms with Crippen LogP contribution in [0.2, 0.25) is 0 Å². The highest BCUT2D eigenvalue weighted by molar-refractivity contribution is 5.61. The van der Waals surface area contributed by atoms with Gasteiger partial charge in [-0.1, -0.05) is 0 Å². The molecule has 13 heavy (non-hydrogen) atoms. The Morgan fingerprint density at radius 2 is 2.15 bits per heavy atom. The molecule has 0 saturated carbocycles. The Morgan fingerprint density at radius 3 is 2.92 bits per heavy atom. The first kappa shape index (κ1) is 8.15. The average Bonchev–Trinajstić information content (AvgIpc) is 2.01. The van der Waals surface area contributed by atoms with E-state index in [1.54, 1.807) is 6.07 Å². The minimum atomic E-state index is -2.07. The molecule has 0 spiro atoms. The van der Waals surface area contributed by atoms with E-state index in [1.807, 2.05) is 0 Å². The third-order valence-corrected chi connectivity index (χ3v) is 1.73. The molecule has 0 aliphatic carbocycles. The van der Waals surface area contributed by atoms with Gasteiger partial charge in [0, 0.05) is 6.07 Å². The van der Waals surface area contributed by atoms with Crippen molar-refractivity contribution in [1.29, 1.82) is 0 Å². The van der Waals surface area contributed by atoms with Crippen molar-refractivity contribution < 1.29 is 20.1 Å². The Kier molecular flexibility index (Phi) is 1.58. The summed E-state index contributed by atoms with van der Waals surface area (Å²) >= 11 is 0. The molecule has 0 radical (unpaired) electrons. The summed E-state index contributed by atoms with van der Waals surface area (Å²) in [7, 11) is 0. The van der Waals surface area contributed by atoms with Gasteiger partial charge < -0.3 is 25.4 Å². The van der Waals surface area contributed by atoms with Crippen molar-refractivity contribution >= 4 is 5.69 Å². The van der Waals surface area contributed by atoms with Crippen molar-refractivity contribution in [3.05, 3.63) is 18.2 Å². The third-order valence-electron chi connectivity index (χ3n) is 1.73. The molecule has 1 aliphatic heterocycles. The number of aromatic hydroxyl groups is 1. The van der Waals surface area contributed by atoms with Gasteiger partial charge in [0.05, 0.1) is 5.69 Å². The van der Waals surface area contributed by atoms with Crippen molar-refractivity contribution in [2.75, 3.05) is 11.9 Å². The zero-order valence-corrected chi connectivity index (χ0v) is 6.69. The molecule has 0 unspecified atom stereocenters. The van der Waals surface area contributed by atoms with E-state index in [0.29, 0.717) is 11.4 Å². The Balaban J connectivity index is 2.38. The van der Waals surface area contributed by atoms with Gasteiger partial charge in [-0.15, -0.1) is 0 Å². The zero-order valence-electron chi connectivity index (χ0n) is 6.69. The maximum Gasteiger partial charge on any atom is 0.280 e. The molecule has 5 heteroatoms. The van der Waals surface area contributed by atoms with Crippen molar-refractivity contribution in [3.63, 3.8) is 0 Å². The number of phenolic OH excluding ortho intramolecular Hbond substituents is 1. The van der Waals surface area contributed by atoms with Gasteiger partial charge in [-0.3, -0.25) is 0 Å². The summed E-state index contributed by atoms with van der Waals surface area (Å²) in [5, 5.41) is 29.8. The van der Waals surface area contributed by atoms with Crippen LogP contribution in [0.1, 0.15) is 0 Å². The number of nitrogens with one attached hydrogen (secondary N) is 1. The highest BCUT2D eigenvalue weighted by atomic mass is 16.6. The summed E-state index contributed by atoms with van der Waals surface area (Å²) < 4.78 is 5.02. The maximum absolute atomic E-state index is 9.15. The van der Waals surface area contributed by atoms with Gasteiger partial charge >= 0.3 is 0 Å². The molecule has 4 N–H and O–H groups in total. The molecule has 5 nitrogen and oxygen atoms in total. The predicted molar refractivity (Wildman–Crippen MR) is 44.4 cm³/mol. The van der Waals surface area contributed by atoms with Gasteiger partial charge in [-0.25, -0.2) is 0 Å². The first-order valence-electron chi connectivity index (χ1n) is 3.76. The number of hydrogen-bond acceptors (Lipinski definition) is 5. The minimum absolute atomic E-state index is 0.0348. The van der Waals surface area contributed by atoms with Crippen LogP contribution in [0.15, 0.2) is 18.2 Å².